The Hall–Kier alpha value is -1.49. The van der Waals surface area contributed by atoms with Crippen molar-refractivity contribution in [3.8, 4) is 0 Å². The number of aromatic nitrogens is 2. The summed E-state index contributed by atoms with van der Waals surface area (Å²) in [4.78, 5) is 4.28. The average Bonchev–Trinajstić information content (AvgIpc) is 2.62. The van der Waals surface area contributed by atoms with Gasteiger partial charge >= 0.3 is 0 Å². The Morgan fingerprint density at radius 3 is 2.78 bits per heavy atom. The molecule has 3 nitrogen and oxygen atoms in total. The van der Waals surface area contributed by atoms with Gasteiger partial charge in [0.2, 0.25) is 0 Å². The van der Waals surface area contributed by atoms with Crippen LogP contribution in [0.4, 0.5) is 8.78 Å². The number of nitrogens with one attached hydrogen (secondary N) is 1. The Labute approximate surface area is 105 Å². The van der Waals surface area contributed by atoms with E-state index in [-0.39, 0.29) is 18.5 Å². The molecular formula is C13H17F2N3. The van der Waals surface area contributed by atoms with E-state index in [2.05, 4.69) is 10.3 Å². The molecule has 0 unspecified atom stereocenters. The van der Waals surface area contributed by atoms with Crippen LogP contribution in [0.25, 0.3) is 11.0 Å². The van der Waals surface area contributed by atoms with Gasteiger partial charge in [-0.3, -0.25) is 0 Å². The Balaban J connectivity index is 2.40. The summed E-state index contributed by atoms with van der Waals surface area (Å²) in [5, 5.41) is 2.74. The van der Waals surface area contributed by atoms with Gasteiger partial charge in [0, 0.05) is 25.6 Å². The highest BCUT2D eigenvalue weighted by molar-refractivity contribution is 5.77. The molecule has 1 N–H and O–H groups in total. The number of alkyl halides is 2. The first-order valence-electron chi connectivity index (χ1n) is 5.91. The van der Waals surface area contributed by atoms with Crippen molar-refractivity contribution in [2.75, 3.05) is 13.6 Å². The third kappa shape index (κ3) is 2.22. The summed E-state index contributed by atoms with van der Waals surface area (Å²) < 4.78 is 29.7. The molecule has 0 amide bonds. The third-order valence-electron chi connectivity index (χ3n) is 3.22. The monoisotopic (exact) mass is 253 g/mol. The molecule has 0 aliphatic rings. The maximum absolute atomic E-state index is 13.9. The highest BCUT2D eigenvalue weighted by atomic mass is 19.3. The number of fused-ring (bicyclic) bond motifs is 1. The Kier molecular flexibility index (Phi) is 3.34. The molecule has 2 aromatic rings. The molecule has 0 radical (unpaired) electrons. The summed E-state index contributed by atoms with van der Waals surface area (Å²) in [6.45, 7) is 2.14. The van der Waals surface area contributed by atoms with Gasteiger partial charge in [-0.15, -0.1) is 0 Å². The lowest BCUT2D eigenvalue weighted by molar-refractivity contribution is -0.0122. The largest absolute Gasteiger partial charge is 0.331 e. The molecule has 0 saturated carbocycles. The van der Waals surface area contributed by atoms with Crippen molar-refractivity contribution in [2.45, 2.75) is 19.3 Å². The number of rotatable bonds is 4. The number of hydrogen-bond acceptors (Lipinski definition) is 2. The van der Waals surface area contributed by atoms with E-state index in [4.69, 9.17) is 0 Å². The first-order chi connectivity index (χ1) is 8.45. The molecule has 0 atom stereocenters. The fourth-order valence-corrected chi connectivity index (χ4v) is 1.97. The maximum atomic E-state index is 13.9. The van der Waals surface area contributed by atoms with Crippen molar-refractivity contribution < 1.29 is 8.78 Å². The van der Waals surface area contributed by atoms with Crippen LogP contribution in [0, 0.1) is 6.92 Å². The Bertz CT molecular complexity index is 561. The molecule has 2 rings (SSSR count). The molecule has 1 heterocycles. The summed E-state index contributed by atoms with van der Waals surface area (Å²) in [5.41, 5.74) is 1.53. The standard InChI is InChI=1S/C13H17F2N3/c1-9-17-11-8-10(4-5-12(11)18(9)3)13(14,15)6-7-16-2/h4-5,8,16H,6-7H2,1-3H3. The normalized spacial score (nSPS) is 12.3. The molecule has 0 aliphatic heterocycles. The van der Waals surface area contributed by atoms with E-state index in [1.165, 1.54) is 12.1 Å². The zero-order valence-corrected chi connectivity index (χ0v) is 10.8. The van der Waals surface area contributed by atoms with Crippen LogP contribution in [0.1, 0.15) is 17.8 Å². The van der Waals surface area contributed by atoms with E-state index in [9.17, 15) is 8.78 Å². The molecular weight excluding hydrogens is 236 g/mol. The van der Waals surface area contributed by atoms with Gasteiger partial charge in [-0.05, 0) is 26.1 Å². The van der Waals surface area contributed by atoms with Crippen molar-refractivity contribution >= 4 is 11.0 Å². The van der Waals surface area contributed by atoms with Crippen LogP contribution in [-0.4, -0.2) is 23.1 Å². The van der Waals surface area contributed by atoms with Gasteiger partial charge in [-0.1, -0.05) is 6.07 Å². The second-order valence-corrected chi connectivity index (χ2v) is 4.48. The summed E-state index contributed by atoms with van der Waals surface area (Å²) in [7, 11) is 3.55. The second kappa shape index (κ2) is 4.65. The molecule has 0 aliphatic carbocycles. The van der Waals surface area contributed by atoms with Crippen LogP contribution in [0.5, 0.6) is 0 Å². The fourth-order valence-electron chi connectivity index (χ4n) is 1.97. The predicted octanol–water partition coefficient (Wildman–Crippen LogP) is 2.58. The Morgan fingerprint density at radius 2 is 2.11 bits per heavy atom. The summed E-state index contributed by atoms with van der Waals surface area (Å²) in [6.07, 6.45) is -0.208. The van der Waals surface area contributed by atoms with Gasteiger partial charge in [0.15, 0.2) is 0 Å². The number of nitrogens with zero attached hydrogens (tertiary/aromatic N) is 2. The number of imidazole rings is 1. The molecule has 0 bridgehead atoms. The van der Waals surface area contributed by atoms with Crippen molar-refractivity contribution in [3.05, 3.63) is 29.6 Å². The van der Waals surface area contributed by atoms with E-state index >= 15 is 0 Å². The quantitative estimate of drug-likeness (QED) is 0.907. The summed E-state index contributed by atoms with van der Waals surface area (Å²) >= 11 is 0. The zero-order chi connectivity index (χ0) is 13.3. The smallest absolute Gasteiger partial charge is 0.274 e. The van der Waals surface area contributed by atoms with E-state index in [1.54, 1.807) is 13.1 Å². The minimum Gasteiger partial charge on any atom is -0.331 e. The van der Waals surface area contributed by atoms with Gasteiger partial charge in [0.25, 0.3) is 5.92 Å². The topological polar surface area (TPSA) is 29.9 Å². The highest BCUT2D eigenvalue weighted by Crippen LogP contribution is 2.33. The van der Waals surface area contributed by atoms with Gasteiger partial charge < -0.3 is 9.88 Å². The Morgan fingerprint density at radius 1 is 1.39 bits per heavy atom. The van der Waals surface area contributed by atoms with Gasteiger partial charge in [-0.2, -0.15) is 0 Å². The van der Waals surface area contributed by atoms with E-state index in [0.29, 0.717) is 5.52 Å². The van der Waals surface area contributed by atoms with E-state index < -0.39 is 5.92 Å². The zero-order valence-electron chi connectivity index (χ0n) is 10.8. The summed E-state index contributed by atoms with van der Waals surface area (Å²) in [6, 6.07) is 4.68. The van der Waals surface area contributed by atoms with E-state index in [1.807, 2.05) is 18.5 Å². The van der Waals surface area contributed by atoms with Crippen LogP contribution in [0.2, 0.25) is 0 Å². The van der Waals surface area contributed by atoms with E-state index in [0.717, 1.165) is 11.3 Å². The van der Waals surface area contributed by atoms with Gasteiger partial charge in [-0.25, -0.2) is 13.8 Å². The molecule has 1 aromatic heterocycles. The highest BCUT2D eigenvalue weighted by Gasteiger charge is 2.31. The maximum Gasteiger partial charge on any atom is 0.274 e. The van der Waals surface area contributed by atoms with Crippen LogP contribution < -0.4 is 5.32 Å². The first kappa shape index (κ1) is 13.0. The lowest BCUT2D eigenvalue weighted by Crippen LogP contribution is -2.20. The van der Waals surface area contributed by atoms with Crippen molar-refractivity contribution in [1.29, 1.82) is 0 Å². The lowest BCUT2D eigenvalue weighted by atomic mass is 10.0. The molecule has 0 saturated heterocycles. The number of aryl methyl sites for hydroxylation is 2. The molecule has 5 heteroatoms. The first-order valence-corrected chi connectivity index (χ1v) is 5.91. The van der Waals surface area contributed by atoms with Crippen LogP contribution in [0.15, 0.2) is 18.2 Å². The van der Waals surface area contributed by atoms with Crippen molar-refractivity contribution in [2.24, 2.45) is 7.05 Å². The van der Waals surface area contributed by atoms with Crippen LogP contribution in [0.3, 0.4) is 0 Å². The summed E-state index contributed by atoms with van der Waals surface area (Å²) in [5.74, 6) is -2.00. The second-order valence-electron chi connectivity index (χ2n) is 4.48. The average molecular weight is 253 g/mol. The molecule has 0 spiro atoms. The SMILES string of the molecule is CNCCC(F)(F)c1ccc2c(c1)nc(C)n2C. The number of hydrogen-bond donors (Lipinski definition) is 1. The number of halogens is 2. The van der Waals surface area contributed by atoms with Gasteiger partial charge in [0.1, 0.15) is 5.82 Å². The molecule has 98 valence electrons. The minimum atomic E-state index is -2.82. The van der Waals surface area contributed by atoms with Gasteiger partial charge in [0.05, 0.1) is 11.0 Å². The third-order valence-corrected chi connectivity index (χ3v) is 3.22. The minimum absolute atomic E-state index is 0.0309. The van der Waals surface area contributed by atoms with Crippen LogP contribution >= 0.6 is 0 Å². The van der Waals surface area contributed by atoms with Crippen molar-refractivity contribution in [1.82, 2.24) is 14.9 Å². The van der Waals surface area contributed by atoms with Crippen LogP contribution in [-0.2, 0) is 13.0 Å². The lowest BCUT2D eigenvalue weighted by Gasteiger charge is -2.16. The fraction of sp³-hybridized carbons (Fsp3) is 0.462. The number of benzene rings is 1. The molecule has 1 aromatic carbocycles. The predicted molar refractivity (Wildman–Crippen MR) is 67.9 cm³/mol. The molecule has 18 heavy (non-hydrogen) atoms. The van der Waals surface area contributed by atoms with Crippen molar-refractivity contribution in [3.63, 3.8) is 0 Å². The molecule has 0 fully saturated rings.